The lowest BCUT2D eigenvalue weighted by atomic mass is 10.3. The van der Waals surface area contributed by atoms with Crippen molar-refractivity contribution in [3.8, 4) is 0 Å². The molecule has 0 bridgehead atoms. The van der Waals surface area contributed by atoms with Crippen LogP contribution in [0.4, 0.5) is 0 Å². The van der Waals surface area contributed by atoms with Crippen molar-refractivity contribution in [1.82, 2.24) is 0 Å². The molecule has 0 amide bonds. The number of aliphatic carboxylic acids is 2. The molecule has 0 unspecified atom stereocenters. The highest BCUT2D eigenvalue weighted by Gasteiger charge is 1.91. The minimum absolute atomic E-state index is 0.316. The van der Waals surface area contributed by atoms with E-state index in [9.17, 15) is 9.59 Å². The third-order valence-corrected chi connectivity index (χ3v) is 1.49. The smallest absolute Gasteiger partial charge is 0.303 e. The number of carboxylic acid groups (broad SMARTS) is 2. The van der Waals surface area contributed by atoms with Gasteiger partial charge in [-0.15, -0.1) is 0 Å². The van der Waals surface area contributed by atoms with Crippen LogP contribution in [0.15, 0.2) is 0 Å². The average Bonchev–Trinajstić information content (AvgIpc) is 2.12. The van der Waals surface area contributed by atoms with Crippen LogP contribution in [0, 0.1) is 0 Å². The fraction of sp³-hybridized carbons (Fsp3) is 0.800. The zero-order valence-corrected chi connectivity index (χ0v) is 8.95. The topological polar surface area (TPSA) is 74.6 Å². The summed E-state index contributed by atoms with van der Waals surface area (Å²) in [4.78, 5) is 19.5. The number of hydrogen-bond acceptors (Lipinski definition) is 2. The van der Waals surface area contributed by atoms with E-state index in [0.29, 0.717) is 12.8 Å². The summed E-state index contributed by atoms with van der Waals surface area (Å²) in [6.45, 7) is 3.95. The van der Waals surface area contributed by atoms with Crippen molar-refractivity contribution in [1.29, 1.82) is 0 Å². The quantitative estimate of drug-likeness (QED) is 0.697. The van der Waals surface area contributed by atoms with Gasteiger partial charge in [0.2, 0.25) is 0 Å². The van der Waals surface area contributed by atoms with Gasteiger partial charge in [0.1, 0.15) is 0 Å². The molecule has 0 aromatic rings. The number of unbranched alkanes of at least 4 members (excludes halogenated alkanes) is 2. The molecule has 0 aliphatic heterocycles. The molecule has 0 aliphatic carbocycles. The molecule has 0 saturated carbocycles. The van der Waals surface area contributed by atoms with E-state index in [0.717, 1.165) is 25.7 Å². The van der Waals surface area contributed by atoms with Gasteiger partial charge in [-0.3, -0.25) is 9.59 Å². The molecule has 0 saturated heterocycles. The highest BCUT2D eigenvalue weighted by Crippen LogP contribution is 1.91. The molecule has 0 atom stereocenters. The Bertz CT molecular complexity index is 136. The standard InChI is InChI=1S/2C5H10O2/c2*1-2-3-4-5(6)7/h2*2-4H2,1H3,(H,6,7). The van der Waals surface area contributed by atoms with E-state index in [-0.39, 0.29) is 0 Å². The van der Waals surface area contributed by atoms with Crippen LogP contribution in [-0.2, 0) is 9.59 Å². The third kappa shape index (κ3) is 22.4. The molecule has 0 aromatic heterocycles. The summed E-state index contributed by atoms with van der Waals surface area (Å²) in [6.07, 6.45) is 4.16. The van der Waals surface area contributed by atoms with Crippen LogP contribution >= 0.6 is 0 Å². The summed E-state index contributed by atoms with van der Waals surface area (Å²) in [5.74, 6) is -1.39. The first-order chi connectivity index (χ1) is 6.54. The molecule has 84 valence electrons. The van der Waals surface area contributed by atoms with E-state index >= 15 is 0 Å². The molecule has 0 fully saturated rings. The maximum atomic E-state index is 9.76. The van der Waals surface area contributed by atoms with Crippen molar-refractivity contribution >= 4 is 11.9 Å². The minimum atomic E-state index is -0.693. The highest BCUT2D eigenvalue weighted by atomic mass is 16.4. The van der Waals surface area contributed by atoms with Gasteiger partial charge in [0.15, 0.2) is 0 Å². The molecular formula is C10H20O4. The van der Waals surface area contributed by atoms with Gasteiger partial charge in [-0.25, -0.2) is 0 Å². The van der Waals surface area contributed by atoms with Crippen molar-refractivity contribution in [3.63, 3.8) is 0 Å². The molecule has 0 radical (unpaired) electrons. The molecule has 0 heterocycles. The van der Waals surface area contributed by atoms with Crippen LogP contribution in [0.5, 0.6) is 0 Å². The first-order valence-electron chi connectivity index (χ1n) is 4.98. The van der Waals surface area contributed by atoms with Crippen molar-refractivity contribution in [3.05, 3.63) is 0 Å². The van der Waals surface area contributed by atoms with Crippen molar-refractivity contribution in [2.45, 2.75) is 52.4 Å². The van der Waals surface area contributed by atoms with E-state index in [4.69, 9.17) is 10.2 Å². The molecule has 4 heteroatoms. The Kier molecular flexibility index (Phi) is 13.1. The van der Waals surface area contributed by atoms with Crippen LogP contribution in [0.25, 0.3) is 0 Å². The molecule has 0 rings (SSSR count). The fourth-order valence-electron chi connectivity index (χ4n) is 0.656. The predicted molar refractivity (Wildman–Crippen MR) is 54.3 cm³/mol. The predicted octanol–water partition coefficient (Wildman–Crippen LogP) is 2.52. The maximum Gasteiger partial charge on any atom is 0.303 e. The first-order valence-corrected chi connectivity index (χ1v) is 4.98. The lowest BCUT2D eigenvalue weighted by Gasteiger charge is -1.85. The monoisotopic (exact) mass is 204 g/mol. The van der Waals surface area contributed by atoms with Crippen LogP contribution in [0.2, 0.25) is 0 Å². The van der Waals surface area contributed by atoms with Crippen molar-refractivity contribution < 1.29 is 19.8 Å². The van der Waals surface area contributed by atoms with Crippen molar-refractivity contribution in [2.24, 2.45) is 0 Å². The summed E-state index contributed by atoms with van der Waals surface area (Å²) in [5, 5.41) is 16.1. The molecule has 0 spiro atoms. The number of rotatable bonds is 6. The summed E-state index contributed by atoms with van der Waals surface area (Å²) in [6, 6.07) is 0. The van der Waals surface area contributed by atoms with Gasteiger partial charge in [0.25, 0.3) is 0 Å². The molecule has 0 aromatic carbocycles. The number of hydrogen-bond donors (Lipinski definition) is 2. The van der Waals surface area contributed by atoms with Gasteiger partial charge >= 0.3 is 11.9 Å². The van der Waals surface area contributed by atoms with Gasteiger partial charge in [0.05, 0.1) is 0 Å². The van der Waals surface area contributed by atoms with Crippen LogP contribution in [0.1, 0.15) is 52.4 Å². The Morgan fingerprint density at radius 1 is 0.857 bits per heavy atom. The Balaban J connectivity index is 0. The molecular weight excluding hydrogens is 184 g/mol. The first kappa shape index (κ1) is 15.4. The van der Waals surface area contributed by atoms with Gasteiger partial charge in [-0.2, -0.15) is 0 Å². The molecule has 14 heavy (non-hydrogen) atoms. The molecule has 2 N–H and O–H groups in total. The summed E-state index contributed by atoms with van der Waals surface area (Å²) >= 11 is 0. The lowest BCUT2D eigenvalue weighted by molar-refractivity contribution is -0.138. The Morgan fingerprint density at radius 3 is 1.21 bits per heavy atom. The largest absolute Gasteiger partial charge is 0.481 e. The van der Waals surface area contributed by atoms with Crippen LogP contribution in [0.3, 0.4) is 0 Å². The van der Waals surface area contributed by atoms with E-state index in [1.54, 1.807) is 0 Å². The van der Waals surface area contributed by atoms with Gasteiger partial charge < -0.3 is 10.2 Å². The fourth-order valence-corrected chi connectivity index (χ4v) is 0.656. The Labute approximate surface area is 84.9 Å². The van der Waals surface area contributed by atoms with Crippen LogP contribution < -0.4 is 0 Å². The lowest BCUT2D eigenvalue weighted by Crippen LogP contribution is -1.91. The van der Waals surface area contributed by atoms with Gasteiger partial charge in [-0.1, -0.05) is 26.7 Å². The average molecular weight is 204 g/mol. The van der Waals surface area contributed by atoms with E-state index in [1.165, 1.54) is 0 Å². The second-order valence-electron chi connectivity index (χ2n) is 2.99. The zero-order chi connectivity index (χ0) is 11.4. The second-order valence-corrected chi connectivity index (χ2v) is 2.99. The van der Waals surface area contributed by atoms with Crippen LogP contribution in [-0.4, -0.2) is 22.2 Å². The molecule has 4 nitrogen and oxygen atoms in total. The number of carboxylic acids is 2. The molecule has 0 aliphatic rings. The highest BCUT2D eigenvalue weighted by molar-refractivity contribution is 5.66. The van der Waals surface area contributed by atoms with E-state index < -0.39 is 11.9 Å². The summed E-state index contributed by atoms with van der Waals surface area (Å²) in [5.41, 5.74) is 0. The minimum Gasteiger partial charge on any atom is -0.481 e. The maximum absolute atomic E-state index is 9.76. The zero-order valence-electron chi connectivity index (χ0n) is 8.95. The van der Waals surface area contributed by atoms with Gasteiger partial charge in [-0.05, 0) is 12.8 Å². The van der Waals surface area contributed by atoms with Gasteiger partial charge in [0, 0.05) is 12.8 Å². The number of carbonyl (C=O) groups is 2. The Morgan fingerprint density at radius 2 is 1.14 bits per heavy atom. The SMILES string of the molecule is CCCCC(=O)O.CCCCC(=O)O. The Hall–Kier alpha value is -1.06. The second kappa shape index (κ2) is 11.9. The third-order valence-electron chi connectivity index (χ3n) is 1.49. The van der Waals surface area contributed by atoms with Crippen molar-refractivity contribution in [2.75, 3.05) is 0 Å². The summed E-state index contributed by atoms with van der Waals surface area (Å²) < 4.78 is 0. The normalized spacial score (nSPS) is 8.71. The van der Waals surface area contributed by atoms with E-state index in [1.807, 2.05) is 13.8 Å². The summed E-state index contributed by atoms with van der Waals surface area (Å²) in [7, 11) is 0. The van der Waals surface area contributed by atoms with E-state index in [2.05, 4.69) is 0 Å².